The molecule has 0 fully saturated rings. The van der Waals surface area contributed by atoms with E-state index in [1.54, 1.807) is 12.4 Å². The molecule has 0 radical (unpaired) electrons. The average molecular weight is 211 g/mol. The van der Waals surface area contributed by atoms with Crippen molar-refractivity contribution < 1.29 is 0 Å². The summed E-state index contributed by atoms with van der Waals surface area (Å²) in [5, 5.41) is 0.968. The Morgan fingerprint density at radius 3 is 3.00 bits per heavy atom. The molecule has 3 aromatic rings. The summed E-state index contributed by atoms with van der Waals surface area (Å²) >= 11 is 0. The van der Waals surface area contributed by atoms with Gasteiger partial charge in [-0.15, -0.1) is 0 Å². The van der Waals surface area contributed by atoms with Gasteiger partial charge in [-0.2, -0.15) is 0 Å². The van der Waals surface area contributed by atoms with Crippen LogP contribution in [0, 0.1) is 0 Å². The Morgan fingerprint density at radius 1 is 1.19 bits per heavy atom. The van der Waals surface area contributed by atoms with Gasteiger partial charge in [-0.05, 0) is 12.1 Å². The number of aromatic amines is 1. The van der Waals surface area contributed by atoms with E-state index in [1.807, 2.05) is 18.3 Å². The molecule has 5 nitrogen and oxygen atoms in total. The van der Waals surface area contributed by atoms with Crippen LogP contribution in [0.1, 0.15) is 0 Å². The Morgan fingerprint density at radius 2 is 2.12 bits per heavy atom. The van der Waals surface area contributed by atoms with Gasteiger partial charge in [-0.3, -0.25) is 4.98 Å². The van der Waals surface area contributed by atoms with Gasteiger partial charge in [0, 0.05) is 29.5 Å². The molecule has 3 aromatic heterocycles. The van der Waals surface area contributed by atoms with Crippen molar-refractivity contribution in [2.45, 2.75) is 0 Å². The number of nitrogens with one attached hydrogen (secondary N) is 1. The molecule has 0 saturated carbocycles. The predicted octanol–water partition coefficient (Wildman–Crippen LogP) is 1.60. The molecule has 0 atom stereocenters. The van der Waals surface area contributed by atoms with E-state index in [-0.39, 0.29) is 0 Å². The number of anilines is 1. The third kappa shape index (κ3) is 1.30. The lowest BCUT2D eigenvalue weighted by atomic mass is 10.1. The highest BCUT2D eigenvalue weighted by molar-refractivity contribution is 5.90. The van der Waals surface area contributed by atoms with E-state index in [0.29, 0.717) is 5.69 Å². The number of nitrogen functional groups attached to an aromatic ring is 1. The van der Waals surface area contributed by atoms with Gasteiger partial charge in [0.15, 0.2) is 0 Å². The smallest absolute Gasteiger partial charge is 0.141 e. The van der Waals surface area contributed by atoms with E-state index in [9.17, 15) is 0 Å². The maximum absolute atomic E-state index is 5.70. The fraction of sp³-hybridized carbons (Fsp3) is 0. The lowest BCUT2D eigenvalue weighted by Gasteiger charge is -2.02. The van der Waals surface area contributed by atoms with Crippen molar-refractivity contribution in [3.63, 3.8) is 0 Å². The molecule has 0 amide bonds. The van der Waals surface area contributed by atoms with Gasteiger partial charge >= 0.3 is 0 Å². The summed E-state index contributed by atoms with van der Waals surface area (Å²) in [7, 11) is 0. The molecule has 78 valence electrons. The minimum atomic E-state index is 0.625. The van der Waals surface area contributed by atoms with Gasteiger partial charge in [0.2, 0.25) is 0 Å². The lowest BCUT2D eigenvalue weighted by molar-refractivity contribution is 1.20. The summed E-state index contributed by atoms with van der Waals surface area (Å²) in [5.41, 5.74) is 8.87. The Balaban J connectivity index is 2.29. The lowest BCUT2D eigenvalue weighted by Crippen LogP contribution is -1.91. The molecule has 0 unspecified atom stereocenters. The number of H-pyrrole nitrogens is 1. The molecular weight excluding hydrogens is 202 g/mol. The van der Waals surface area contributed by atoms with Crippen molar-refractivity contribution in [1.29, 1.82) is 0 Å². The fourth-order valence-electron chi connectivity index (χ4n) is 1.69. The standard InChI is InChI=1S/C11H9N5/c12-8-3-7(4-13-5-8)10-9-1-2-14-11(9)16-6-15-10/h1-6H,12H2,(H,14,15,16). The van der Waals surface area contributed by atoms with Crippen LogP contribution >= 0.6 is 0 Å². The molecule has 0 aliphatic heterocycles. The highest BCUT2D eigenvalue weighted by atomic mass is 14.9. The number of nitrogens with zero attached hydrogens (tertiary/aromatic N) is 3. The van der Waals surface area contributed by atoms with Crippen LogP contribution in [0.5, 0.6) is 0 Å². The minimum absolute atomic E-state index is 0.625. The zero-order chi connectivity index (χ0) is 11.0. The van der Waals surface area contributed by atoms with Crippen LogP contribution in [0.4, 0.5) is 5.69 Å². The van der Waals surface area contributed by atoms with Crippen LogP contribution in [0.3, 0.4) is 0 Å². The summed E-state index contributed by atoms with van der Waals surface area (Å²) < 4.78 is 0. The normalized spacial score (nSPS) is 10.8. The van der Waals surface area contributed by atoms with Crippen LogP contribution in [-0.2, 0) is 0 Å². The molecule has 0 spiro atoms. The number of fused-ring (bicyclic) bond motifs is 1. The van der Waals surface area contributed by atoms with E-state index in [2.05, 4.69) is 19.9 Å². The fourth-order valence-corrected chi connectivity index (χ4v) is 1.69. The van der Waals surface area contributed by atoms with Gasteiger partial charge in [0.1, 0.15) is 12.0 Å². The van der Waals surface area contributed by atoms with Crippen molar-refractivity contribution >= 4 is 16.7 Å². The maximum atomic E-state index is 5.70. The Bertz CT molecular complexity index is 643. The third-order valence-corrected chi connectivity index (χ3v) is 2.39. The zero-order valence-electron chi connectivity index (χ0n) is 8.38. The summed E-state index contributed by atoms with van der Waals surface area (Å²) in [6, 6.07) is 3.79. The molecule has 16 heavy (non-hydrogen) atoms. The number of hydrogen-bond donors (Lipinski definition) is 2. The monoisotopic (exact) mass is 211 g/mol. The van der Waals surface area contributed by atoms with Crippen molar-refractivity contribution in [2.24, 2.45) is 0 Å². The topological polar surface area (TPSA) is 80.5 Å². The molecule has 3 heterocycles. The van der Waals surface area contributed by atoms with Crippen molar-refractivity contribution in [3.8, 4) is 11.3 Å². The van der Waals surface area contributed by atoms with E-state index in [4.69, 9.17) is 5.73 Å². The molecule has 5 heteroatoms. The Kier molecular flexibility index (Phi) is 1.83. The molecule has 0 bridgehead atoms. The van der Waals surface area contributed by atoms with Crippen molar-refractivity contribution in [3.05, 3.63) is 37.1 Å². The molecule has 0 aliphatic rings. The number of rotatable bonds is 1. The third-order valence-electron chi connectivity index (χ3n) is 2.39. The summed E-state index contributed by atoms with van der Waals surface area (Å²) in [6.07, 6.45) is 6.71. The number of pyridine rings is 1. The second kappa shape index (κ2) is 3.30. The first-order chi connectivity index (χ1) is 7.84. The quantitative estimate of drug-likeness (QED) is 0.640. The minimum Gasteiger partial charge on any atom is -0.397 e. The first-order valence-corrected chi connectivity index (χ1v) is 4.83. The van der Waals surface area contributed by atoms with Crippen LogP contribution in [0.15, 0.2) is 37.1 Å². The van der Waals surface area contributed by atoms with Crippen LogP contribution < -0.4 is 5.73 Å². The van der Waals surface area contributed by atoms with Crippen molar-refractivity contribution in [1.82, 2.24) is 19.9 Å². The molecule has 0 aliphatic carbocycles. The van der Waals surface area contributed by atoms with Crippen LogP contribution in [-0.4, -0.2) is 19.9 Å². The maximum Gasteiger partial charge on any atom is 0.141 e. The van der Waals surface area contributed by atoms with Gasteiger partial charge in [-0.25, -0.2) is 9.97 Å². The predicted molar refractivity (Wildman–Crippen MR) is 61.5 cm³/mol. The summed E-state index contributed by atoms with van der Waals surface area (Å²) in [4.78, 5) is 15.5. The number of hydrogen-bond acceptors (Lipinski definition) is 4. The number of nitrogens with two attached hydrogens (primary N) is 1. The SMILES string of the molecule is Nc1cncc(-c2ncnc3[nH]ccc23)c1. The summed E-state index contributed by atoms with van der Waals surface area (Å²) in [6.45, 7) is 0. The molecule has 3 rings (SSSR count). The first kappa shape index (κ1) is 8.84. The highest BCUT2D eigenvalue weighted by Gasteiger charge is 2.07. The van der Waals surface area contributed by atoms with E-state index < -0.39 is 0 Å². The second-order valence-corrected chi connectivity index (χ2v) is 3.47. The second-order valence-electron chi connectivity index (χ2n) is 3.47. The van der Waals surface area contributed by atoms with E-state index in [1.165, 1.54) is 6.33 Å². The molecular formula is C11H9N5. The van der Waals surface area contributed by atoms with Gasteiger partial charge < -0.3 is 10.7 Å². The Hall–Kier alpha value is -2.43. The first-order valence-electron chi connectivity index (χ1n) is 4.83. The number of aromatic nitrogens is 4. The van der Waals surface area contributed by atoms with Crippen LogP contribution in [0.25, 0.3) is 22.3 Å². The van der Waals surface area contributed by atoms with Gasteiger partial charge in [-0.1, -0.05) is 0 Å². The largest absolute Gasteiger partial charge is 0.397 e. The molecule has 0 saturated heterocycles. The summed E-state index contributed by atoms with van der Waals surface area (Å²) in [5.74, 6) is 0. The zero-order valence-corrected chi connectivity index (χ0v) is 8.38. The van der Waals surface area contributed by atoms with E-state index >= 15 is 0 Å². The Labute approximate surface area is 91.4 Å². The molecule has 0 aromatic carbocycles. The average Bonchev–Trinajstić information content (AvgIpc) is 2.76. The highest BCUT2D eigenvalue weighted by Crippen LogP contribution is 2.24. The van der Waals surface area contributed by atoms with Gasteiger partial charge in [0.25, 0.3) is 0 Å². The van der Waals surface area contributed by atoms with Crippen LogP contribution in [0.2, 0.25) is 0 Å². The van der Waals surface area contributed by atoms with Gasteiger partial charge in [0.05, 0.1) is 11.4 Å². The van der Waals surface area contributed by atoms with Crippen molar-refractivity contribution in [2.75, 3.05) is 5.73 Å². The molecule has 3 N–H and O–H groups in total. The van der Waals surface area contributed by atoms with E-state index in [0.717, 1.165) is 22.3 Å².